The van der Waals surface area contributed by atoms with Gasteiger partial charge in [-0.05, 0) is 13.1 Å². The number of phenols is 1. The van der Waals surface area contributed by atoms with Gasteiger partial charge in [0.05, 0.1) is 0 Å². The Balaban J connectivity index is 3.14. The first-order valence-corrected chi connectivity index (χ1v) is 5.65. The van der Waals surface area contributed by atoms with E-state index in [9.17, 15) is 9.67 Å². The summed E-state index contributed by atoms with van der Waals surface area (Å²) < 4.78 is 11.0. The van der Waals surface area contributed by atoms with Crippen LogP contribution in [0, 0.1) is 0 Å². The van der Waals surface area contributed by atoms with Gasteiger partial charge in [-0.25, -0.2) is 0 Å². The van der Waals surface area contributed by atoms with E-state index in [-0.39, 0.29) is 11.3 Å². The maximum atomic E-state index is 11.0. The number of hydrogen-bond donors (Lipinski definition) is 4. The van der Waals surface area contributed by atoms with Crippen LogP contribution in [0.15, 0.2) is 24.3 Å². The molecule has 0 heterocycles. The van der Waals surface area contributed by atoms with Crippen molar-refractivity contribution in [1.82, 2.24) is 5.32 Å². The lowest BCUT2D eigenvalue weighted by atomic mass is 10.2. The van der Waals surface area contributed by atoms with Crippen LogP contribution in [0.3, 0.4) is 0 Å². The normalized spacial score (nSPS) is 13.9. The van der Waals surface area contributed by atoms with Crippen LogP contribution in [-0.2, 0) is 4.57 Å². The molecule has 1 atom stereocenters. The van der Waals surface area contributed by atoms with Crippen LogP contribution in [0.2, 0.25) is 0 Å². The van der Waals surface area contributed by atoms with Gasteiger partial charge in [-0.2, -0.15) is 0 Å². The van der Waals surface area contributed by atoms with E-state index in [1.165, 1.54) is 19.2 Å². The second kappa shape index (κ2) is 4.11. The molecule has 0 amide bonds. The molecule has 1 aromatic carbocycles. The minimum atomic E-state index is -4.30. The van der Waals surface area contributed by atoms with Gasteiger partial charge in [0.1, 0.15) is 11.5 Å². The van der Waals surface area contributed by atoms with Crippen molar-refractivity contribution in [3.05, 3.63) is 29.8 Å². The minimum Gasteiger partial charge on any atom is -0.508 e. The topological polar surface area (TPSA) is 89.8 Å². The number of nitrogens with one attached hydrogen (secondary N) is 1. The SMILES string of the molecule is CNC(c1ccccc1O)P(=O)(O)O. The Morgan fingerprint density at radius 1 is 1.36 bits per heavy atom. The molecule has 0 aliphatic carbocycles. The molecule has 5 nitrogen and oxygen atoms in total. The molecule has 1 rings (SSSR count). The number of phenolic OH excluding ortho intramolecular Hbond substituents is 1. The Morgan fingerprint density at radius 2 is 1.93 bits per heavy atom. The largest absolute Gasteiger partial charge is 0.508 e. The van der Waals surface area contributed by atoms with Gasteiger partial charge >= 0.3 is 7.60 Å². The summed E-state index contributed by atoms with van der Waals surface area (Å²) in [6.07, 6.45) is 0. The summed E-state index contributed by atoms with van der Waals surface area (Å²) in [4.78, 5) is 18.0. The van der Waals surface area contributed by atoms with Gasteiger partial charge in [0.15, 0.2) is 0 Å². The lowest BCUT2D eigenvalue weighted by Crippen LogP contribution is -2.16. The first-order valence-electron chi connectivity index (χ1n) is 3.97. The fraction of sp³-hybridized carbons (Fsp3) is 0.250. The highest BCUT2D eigenvalue weighted by Crippen LogP contribution is 2.51. The average Bonchev–Trinajstić information content (AvgIpc) is 2.07. The molecule has 0 bridgehead atoms. The zero-order chi connectivity index (χ0) is 10.8. The van der Waals surface area contributed by atoms with Crippen molar-refractivity contribution in [2.75, 3.05) is 7.05 Å². The number of hydrogen-bond acceptors (Lipinski definition) is 3. The number of rotatable bonds is 3. The number of benzene rings is 1. The van der Waals surface area contributed by atoms with Crippen LogP contribution in [0.1, 0.15) is 11.3 Å². The minimum absolute atomic E-state index is 0.129. The van der Waals surface area contributed by atoms with Crippen molar-refractivity contribution in [1.29, 1.82) is 0 Å². The summed E-state index contributed by atoms with van der Waals surface area (Å²) >= 11 is 0. The van der Waals surface area contributed by atoms with E-state index in [0.29, 0.717) is 0 Å². The van der Waals surface area contributed by atoms with E-state index in [1.54, 1.807) is 12.1 Å². The highest BCUT2D eigenvalue weighted by atomic mass is 31.2. The molecule has 0 fully saturated rings. The average molecular weight is 217 g/mol. The predicted octanol–water partition coefficient (Wildman–Crippen LogP) is 0.788. The smallest absolute Gasteiger partial charge is 0.346 e. The van der Waals surface area contributed by atoms with E-state index >= 15 is 0 Å². The van der Waals surface area contributed by atoms with Crippen LogP contribution in [0.25, 0.3) is 0 Å². The zero-order valence-corrected chi connectivity index (χ0v) is 8.48. The molecule has 0 radical (unpaired) electrons. The van der Waals surface area contributed by atoms with Crippen molar-refractivity contribution in [3.8, 4) is 5.75 Å². The molecule has 0 saturated carbocycles. The highest BCUT2D eigenvalue weighted by Gasteiger charge is 2.30. The van der Waals surface area contributed by atoms with Crippen molar-refractivity contribution >= 4 is 7.60 Å². The van der Waals surface area contributed by atoms with Crippen LogP contribution in [0.4, 0.5) is 0 Å². The van der Waals surface area contributed by atoms with E-state index in [0.717, 1.165) is 0 Å². The lowest BCUT2D eigenvalue weighted by molar-refractivity contribution is 0.348. The molecule has 0 aromatic heterocycles. The molecule has 0 spiro atoms. The van der Waals surface area contributed by atoms with E-state index in [4.69, 9.17) is 9.79 Å². The fourth-order valence-electron chi connectivity index (χ4n) is 1.22. The summed E-state index contributed by atoms with van der Waals surface area (Å²) in [5, 5.41) is 11.9. The second-order valence-electron chi connectivity index (χ2n) is 2.84. The van der Waals surface area contributed by atoms with Crippen LogP contribution in [-0.4, -0.2) is 21.9 Å². The Morgan fingerprint density at radius 3 is 2.36 bits per heavy atom. The van der Waals surface area contributed by atoms with E-state index < -0.39 is 13.4 Å². The quantitative estimate of drug-likeness (QED) is 0.562. The monoisotopic (exact) mass is 217 g/mol. The summed E-state index contributed by atoms with van der Waals surface area (Å²) in [7, 11) is -2.87. The third kappa shape index (κ3) is 2.33. The maximum Gasteiger partial charge on any atom is 0.346 e. The molecule has 6 heteroatoms. The van der Waals surface area contributed by atoms with Gasteiger partial charge in [0, 0.05) is 5.56 Å². The standard InChI is InChI=1S/C8H12NO4P/c1-9-8(14(11,12)13)6-4-2-3-5-7(6)10/h2-5,8-10H,1H3,(H2,11,12,13). The van der Waals surface area contributed by atoms with E-state index in [1.807, 2.05) is 0 Å². The van der Waals surface area contributed by atoms with E-state index in [2.05, 4.69) is 5.32 Å². The van der Waals surface area contributed by atoms with Crippen molar-refractivity contribution < 1.29 is 19.5 Å². The van der Waals surface area contributed by atoms with Gasteiger partial charge in [0.2, 0.25) is 0 Å². The van der Waals surface area contributed by atoms with Gasteiger partial charge in [-0.3, -0.25) is 4.57 Å². The summed E-state index contributed by atoms with van der Waals surface area (Å²) in [6.45, 7) is 0. The molecule has 14 heavy (non-hydrogen) atoms. The Hall–Kier alpha value is -0.870. The summed E-state index contributed by atoms with van der Waals surface area (Å²) in [5.74, 6) is -1.29. The van der Waals surface area contributed by atoms with Crippen LogP contribution in [0.5, 0.6) is 5.75 Å². The molecule has 1 unspecified atom stereocenters. The maximum absolute atomic E-state index is 11.0. The third-order valence-electron chi connectivity index (χ3n) is 1.84. The molecule has 4 N–H and O–H groups in total. The number of aromatic hydroxyl groups is 1. The zero-order valence-electron chi connectivity index (χ0n) is 7.58. The molecule has 1 aromatic rings. The van der Waals surface area contributed by atoms with Gasteiger partial charge in [-0.15, -0.1) is 0 Å². The van der Waals surface area contributed by atoms with Gasteiger partial charge in [-0.1, -0.05) is 18.2 Å². The van der Waals surface area contributed by atoms with Gasteiger partial charge in [0.25, 0.3) is 0 Å². The summed E-state index contributed by atoms with van der Waals surface area (Å²) in [5.41, 5.74) is 0.198. The van der Waals surface area contributed by atoms with Crippen molar-refractivity contribution in [2.24, 2.45) is 0 Å². The van der Waals surface area contributed by atoms with Crippen molar-refractivity contribution in [3.63, 3.8) is 0 Å². The first-order chi connectivity index (χ1) is 6.46. The third-order valence-corrected chi connectivity index (χ3v) is 3.05. The molecule has 78 valence electrons. The first kappa shape index (κ1) is 11.2. The second-order valence-corrected chi connectivity index (χ2v) is 4.53. The molecule has 0 aliphatic heterocycles. The van der Waals surface area contributed by atoms with Crippen molar-refractivity contribution in [2.45, 2.75) is 5.78 Å². The molecular formula is C8H12NO4P. The highest BCUT2D eigenvalue weighted by molar-refractivity contribution is 7.52. The Labute approximate surface area is 81.6 Å². The number of para-hydroxylation sites is 1. The molecular weight excluding hydrogens is 205 g/mol. The Bertz CT molecular complexity index is 362. The summed E-state index contributed by atoms with van der Waals surface area (Å²) in [6, 6.07) is 6.05. The fourth-order valence-corrected chi connectivity index (χ4v) is 2.14. The van der Waals surface area contributed by atoms with Crippen LogP contribution < -0.4 is 5.32 Å². The lowest BCUT2D eigenvalue weighted by Gasteiger charge is -2.18. The Kier molecular flexibility index (Phi) is 3.29. The van der Waals surface area contributed by atoms with Gasteiger partial charge < -0.3 is 20.2 Å². The molecule has 0 aliphatic rings. The van der Waals surface area contributed by atoms with Crippen LogP contribution >= 0.6 is 7.60 Å². The molecule has 0 saturated heterocycles. The predicted molar refractivity (Wildman–Crippen MR) is 52.0 cm³/mol.